The summed E-state index contributed by atoms with van der Waals surface area (Å²) < 4.78 is 0. The van der Waals surface area contributed by atoms with Gasteiger partial charge in [-0.15, -0.1) is 0 Å². The molecule has 2 aliphatic carbocycles. The smallest absolute Gasteiger partial charge is 0.335 e. The van der Waals surface area contributed by atoms with Crippen LogP contribution in [0.1, 0.15) is 65.2 Å². The molecule has 2 aromatic rings. The molecule has 2 unspecified atom stereocenters. The van der Waals surface area contributed by atoms with Crippen molar-refractivity contribution in [2.45, 2.75) is 57.0 Å². The topological polar surface area (TPSA) is 64.9 Å². The summed E-state index contributed by atoms with van der Waals surface area (Å²) in [6.07, 6.45) is 12.0. The Morgan fingerprint density at radius 2 is 1.94 bits per heavy atom. The summed E-state index contributed by atoms with van der Waals surface area (Å²) >= 11 is 0. The molecule has 5 heteroatoms. The summed E-state index contributed by atoms with van der Waals surface area (Å²) in [5.41, 5.74) is 7.55. The van der Waals surface area contributed by atoms with Crippen LogP contribution in [-0.4, -0.2) is 48.4 Å². The zero-order valence-electron chi connectivity index (χ0n) is 21.2. The fourth-order valence-electron chi connectivity index (χ4n) is 6.16. The Hall–Kier alpha value is -3.02. The molecule has 0 amide bonds. The number of aliphatic imine (C=N–C) groups is 1. The van der Waals surface area contributed by atoms with Gasteiger partial charge in [-0.2, -0.15) is 0 Å². The van der Waals surface area contributed by atoms with Gasteiger partial charge in [0, 0.05) is 24.2 Å². The molecule has 0 bridgehead atoms. The first-order valence-electron chi connectivity index (χ1n) is 13.2. The maximum absolute atomic E-state index is 11.1. The van der Waals surface area contributed by atoms with Crippen molar-refractivity contribution in [1.82, 2.24) is 10.2 Å². The van der Waals surface area contributed by atoms with Gasteiger partial charge >= 0.3 is 5.97 Å². The summed E-state index contributed by atoms with van der Waals surface area (Å²) in [5, 5.41) is 13.0. The molecule has 1 aliphatic heterocycles. The van der Waals surface area contributed by atoms with Crippen molar-refractivity contribution in [2.24, 2.45) is 10.9 Å². The number of piperidine rings is 1. The van der Waals surface area contributed by atoms with E-state index in [1.165, 1.54) is 54.4 Å². The minimum atomic E-state index is -0.866. The summed E-state index contributed by atoms with van der Waals surface area (Å²) in [6, 6.07) is 14.9. The van der Waals surface area contributed by atoms with Crippen LogP contribution in [-0.2, 0) is 18.4 Å². The first-order chi connectivity index (χ1) is 17.5. The molecule has 0 aromatic heterocycles. The molecule has 1 saturated heterocycles. The fraction of sp³-hybridized carbons (Fsp3) is 0.419. The Labute approximate surface area is 214 Å². The molecule has 2 atom stereocenters. The minimum Gasteiger partial charge on any atom is -0.478 e. The van der Waals surface area contributed by atoms with E-state index in [1.807, 2.05) is 18.2 Å². The minimum absolute atomic E-state index is 0.340. The van der Waals surface area contributed by atoms with Gasteiger partial charge in [0.05, 0.1) is 5.56 Å². The average molecular weight is 484 g/mol. The lowest BCUT2D eigenvalue weighted by Gasteiger charge is -2.32. The molecule has 5 nitrogen and oxygen atoms in total. The monoisotopic (exact) mass is 483 g/mol. The van der Waals surface area contributed by atoms with E-state index in [1.54, 1.807) is 23.9 Å². The third-order valence-electron chi connectivity index (χ3n) is 8.52. The molecular weight excluding hydrogens is 446 g/mol. The second-order valence-electron chi connectivity index (χ2n) is 10.8. The summed E-state index contributed by atoms with van der Waals surface area (Å²) in [5.74, 6) is -0.133. The van der Waals surface area contributed by atoms with Crippen LogP contribution >= 0.6 is 0 Å². The lowest BCUT2D eigenvalue weighted by molar-refractivity contribution is 0.0697. The van der Waals surface area contributed by atoms with Gasteiger partial charge in [0.2, 0.25) is 0 Å². The lowest BCUT2D eigenvalue weighted by Crippen LogP contribution is -2.38. The van der Waals surface area contributed by atoms with E-state index in [9.17, 15) is 4.79 Å². The summed E-state index contributed by atoms with van der Waals surface area (Å²) in [7, 11) is 0. The van der Waals surface area contributed by atoms with E-state index in [0.29, 0.717) is 17.0 Å². The number of aromatic carboxylic acids is 1. The Morgan fingerprint density at radius 3 is 2.67 bits per heavy atom. The number of rotatable bonds is 9. The normalized spacial score (nSPS) is 24.4. The Morgan fingerprint density at radius 1 is 1.19 bits per heavy atom. The van der Waals surface area contributed by atoms with Gasteiger partial charge in [-0.3, -0.25) is 9.89 Å². The standard InChI is InChI=1S/C31H37N3O2/c1-22(4-3-15-32-2)27-10-9-25-11-14-31(28(25)18-27)19-29(31)33-20-23-12-16-34(17-13-23)21-24-5-7-26(8-6-24)30(35)36/h3-10,15,18,23,29,33H,2,11-14,16-17,19-21H2,1H3,(H,35,36)/b15-3-,22-4+. The van der Waals surface area contributed by atoms with Gasteiger partial charge < -0.3 is 10.4 Å². The van der Waals surface area contributed by atoms with Crippen molar-refractivity contribution in [2.75, 3.05) is 19.6 Å². The highest BCUT2D eigenvalue weighted by Crippen LogP contribution is 2.57. The molecule has 1 heterocycles. The van der Waals surface area contributed by atoms with Gasteiger partial charge in [0.25, 0.3) is 0 Å². The number of allylic oxidation sites excluding steroid dienone is 3. The Balaban J connectivity index is 1.11. The highest BCUT2D eigenvalue weighted by Gasteiger charge is 2.57. The van der Waals surface area contributed by atoms with Gasteiger partial charge in [0.1, 0.15) is 0 Å². The van der Waals surface area contributed by atoms with Gasteiger partial charge in [-0.1, -0.05) is 36.4 Å². The molecule has 36 heavy (non-hydrogen) atoms. The van der Waals surface area contributed by atoms with Crippen LogP contribution in [0.15, 0.2) is 65.8 Å². The van der Waals surface area contributed by atoms with E-state index in [4.69, 9.17) is 5.11 Å². The van der Waals surface area contributed by atoms with E-state index in [0.717, 1.165) is 32.1 Å². The van der Waals surface area contributed by atoms with Crippen molar-refractivity contribution in [1.29, 1.82) is 0 Å². The van der Waals surface area contributed by atoms with Crippen molar-refractivity contribution >= 4 is 18.3 Å². The first-order valence-corrected chi connectivity index (χ1v) is 13.2. The van der Waals surface area contributed by atoms with Crippen LogP contribution in [0.3, 0.4) is 0 Å². The van der Waals surface area contributed by atoms with Gasteiger partial charge in [-0.25, -0.2) is 4.79 Å². The second kappa shape index (κ2) is 10.5. The van der Waals surface area contributed by atoms with E-state index < -0.39 is 5.97 Å². The number of hydrogen-bond donors (Lipinski definition) is 2. The quantitative estimate of drug-likeness (QED) is 0.367. The molecule has 1 spiro atoms. The van der Waals surface area contributed by atoms with E-state index in [2.05, 4.69) is 53.1 Å². The first kappa shape index (κ1) is 24.7. The molecule has 2 fully saturated rings. The van der Waals surface area contributed by atoms with Gasteiger partial charge in [0.15, 0.2) is 0 Å². The third kappa shape index (κ3) is 5.23. The SMILES string of the molecule is C=N/C=C\C=C(/C)c1ccc2c(c1)C1(CC2)CC1NCC1CCN(Cc2ccc(C(=O)O)cc2)CC1. The van der Waals surface area contributed by atoms with Crippen LogP contribution in [0.2, 0.25) is 0 Å². The maximum Gasteiger partial charge on any atom is 0.335 e. The number of nitrogens with zero attached hydrogens (tertiary/aromatic N) is 2. The fourth-order valence-corrected chi connectivity index (χ4v) is 6.16. The third-order valence-corrected chi connectivity index (χ3v) is 8.52. The average Bonchev–Trinajstić information content (AvgIpc) is 3.49. The molecule has 2 N–H and O–H groups in total. The molecule has 3 aliphatic rings. The number of aryl methyl sites for hydroxylation is 1. The van der Waals surface area contributed by atoms with Crippen molar-refractivity contribution in [3.8, 4) is 0 Å². The zero-order valence-corrected chi connectivity index (χ0v) is 21.2. The van der Waals surface area contributed by atoms with Crippen LogP contribution in [0, 0.1) is 5.92 Å². The number of fused-ring (bicyclic) bond motifs is 2. The highest BCUT2D eigenvalue weighted by molar-refractivity contribution is 5.87. The number of carboxylic acid groups (broad SMARTS) is 1. The number of likely N-dealkylation sites (tertiary alicyclic amines) is 1. The number of benzene rings is 2. The van der Waals surface area contributed by atoms with Crippen LogP contribution in [0.4, 0.5) is 0 Å². The largest absolute Gasteiger partial charge is 0.478 e. The summed E-state index contributed by atoms with van der Waals surface area (Å²) in [6.45, 7) is 9.89. The highest BCUT2D eigenvalue weighted by atomic mass is 16.4. The molecule has 0 radical (unpaired) electrons. The molecule has 5 rings (SSSR count). The predicted molar refractivity (Wildman–Crippen MR) is 147 cm³/mol. The van der Waals surface area contributed by atoms with Crippen molar-refractivity contribution < 1.29 is 9.90 Å². The molecule has 1 saturated carbocycles. The van der Waals surface area contributed by atoms with Crippen LogP contribution < -0.4 is 5.32 Å². The second-order valence-corrected chi connectivity index (χ2v) is 10.8. The maximum atomic E-state index is 11.1. The molecule has 2 aromatic carbocycles. The number of hydrogen-bond acceptors (Lipinski definition) is 4. The van der Waals surface area contributed by atoms with Crippen molar-refractivity contribution in [3.63, 3.8) is 0 Å². The van der Waals surface area contributed by atoms with E-state index in [-0.39, 0.29) is 0 Å². The van der Waals surface area contributed by atoms with Crippen LogP contribution in [0.5, 0.6) is 0 Å². The summed E-state index contributed by atoms with van der Waals surface area (Å²) in [4.78, 5) is 17.3. The zero-order chi connectivity index (χ0) is 25.1. The molecule has 188 valence electrons. The van der Waals surface area contributed by atoms with Gasteiger partial charge in [-0.05, 0) is 117 Å². The van der Waals surface area contributed by atoms with E-state index >= 15 is 0 Å². The van der Waals surface area contributed by atoms with Crippen molar-refractivity contribution in [3.05, 3.63) is 88.6 Å². The lowest BCUT2D eigenvalue weighted by atomic mass is 9.93. The number of nitrogens with one attached hydrogen (secondary N) is 1. The number of carboxylic acids is 1. The Bertz CT molecular complexity index is 1170. The van der Waals surface area contributed by atoms with Crippen LogP contribution in [0.25, 0.3) is 5.57 Å². The predicted octanol–water partition coefficient (Wildman–Crippen LogP) is 5.46. The Kier molecular flexibility index (Phi) is 7.22. The number of carbonyl (C=O) groups is 1. The molecular formula is C31H37N3O2.